The van der Waals surface area contributed by atoms with E-state index in [1.807, 2.05) is 11.8 Å². The van der Waals surface area contributed by atoms with Gasteiger partial charge in [0.15, 0.2) is 0 Å². The van der Waals surface area contributed by atoms with Gasteiger partial charge in [-0.2, -0.15) is 4.31 Å². The first-order valence-corrected chi connectivity index (χ1v) is 7.80. The van der Waals surface area contributed by atoms with Crippen LogP contribution >= 0.6 is 11.6 Å². The van der Waals surface area contributed by atoms with E-state index in [1.54, 1.807) is 6.07 Å². The molecular formula is C10H15ClN4O2S. The fourth-order valence-corrected chi connectivity index (χ4v) is 2.94. The van der Waals surface area contributed by atoms with Gasteiger partial charge in [0.05, 0.1) is 6.26 Å². The Kier molecular flexibility index (Phi) is 3.74. The van der Waals surface area contributed by atoms with E-state index in [9.17, 15) is 8.42 Å². The van der Waals surface area contributed by atoms with Crippen LogP contribution in [-0.2, 0) is 10.0 Å². The second kappa shape index (κ2) is 4.99. The van der Waals surface area contributed by atoms with Crippen molar-refractivity contribution in [2.24, 2.45) is 0 Å². The van der Waals surface area contributed by atoms with Gasteiger partial charge in [-0.1, -0.05) is 11.6 Å². The lowest BCUT2D eigenvalue weighted by atomic mass is 10.4. The fraction of sp³-hybridized carbons (Fsp3) is 0.600. The summed E-state index contributed by atoms with van der Waals surface area (Å²) in [6, 6.07) is 1.69. The molecule has 6 nitrogen and oxygen atoms in total. The number of hydrogen-bond acceptors (Lipinski definition) is 5. The molecule has 1 aromatic rings. The third-order valence-electron chi connectivity index (χ3n) is 2.80. The number of nitrogens with zero attached hydrogens (tertiary/aromatic N) is 4. The first-order valence-electron chi connectivity index (χ1n) is 5.57. The SMILES string of the molecule is Cc1cc(Cl)nc(N2CCN(S(C)(=O)=O)CC2)n1. The molecular weight excluding hydrogens is 276 g/mol. The van der Waals surface area contributed by atoms with Gasteiger partial charge in [-0.05, 0) is 13.0 Å². The van der Waals surface area contributed by atoms with Gasteiger partial charge in [0.1, 0.15) is 5.15 Å². The van der Waals surface area contributed by atoms with Crippen molar-refractivity contribution in [3.05, 3.63) is 16.9 Å². The third kappa shape index (κ3) is 3.09. The quantitative estimate of drug-likeness (QED) is 0.743. The highest BCUT2D eigenvalue weighted by atomic mass is 35.5. The molecule has 100 valence electrons. The van der Waals surface area contributed by atoms with Gasteiger partial charge in [-0.15, -0.1) is 0 Å². The number of hydrogen-bond donors (Lipinski definition) is 0. The smallest absolute Gasteiger partial charge is 0.227 e. The van der Waals surface area contributed by atoms with Crippen molar-refractivity contribution < 1.29 is 8.42 Å². The molecule has 0 N–H and O–H groups in total. The van der Waals surface area contributed by atoms with E-state index in [1.165, 1.54) is 10.6 Å². The Balaban J connectivity index is 2.10. The first-order chi connectivity index (χ1) is 8.36. The Morgan fingerprint density at radius 3 is 2.33 bits per heavy atom. The Bertz CT molecular complexity index is 521. The van der Waals surface area contributed by atoms with Crippen molar-refractivity contribution in [2.45, 2.75) is 6.92 Å². The van der Waals surface area contributed by atoms with Crippen molar-refractivity contribution >= 4 is 27.6 Å². The number of piperazine rings is 1. The summed E-state index contributed by atoms with van der Waals surface area (Å²) in [7, 11) is -3.11. The van der Waals surface area contributed by atoms with Crippen LogP contribution < -0.4 is 4.90 Å². The summed E-state index contributed by atoms with van der Waals surface area (Å²) in [5.74, 6) is 0.563. The van der Waals surface area contributed by atoms with Crippen molar-refractivity contribution in [3.8, 4) is 0 Å². The van der Waals surface area contributed by atoms with Gasteiger partial charge in [0.2, 0.25) is 16.0 Å². The van der Waals surface area contributed by atoms with Crippen LogP contribution in [-0.4, -0.2) is 55.1 Å². The Morgan fingerprint density at radius 2 is 1.83 bits per heavy atom. The summed E-state index contributed by atoms with van der Waals surface area (Å²) in [4.78, 5) is 10.4. The number of aromatic nitrogens is 2. The molecule has 0 aliphatic carbocycles. The summed E-state index contributed by atoms with van der Waals surface area (Å²) in [6.45, 7) is 3.91. The van der Waals surface area contributed by atoms with Gasteiger partial charge in [0.25, 0.3) is 0 Å². The van der Waals surface area contributed by atoms with Gasteiger partial charge in [0, 0.05) is 31.9 Å². The van der Waals surface area contributed by atoms with E-state index < -0.39 is 10.0 Å². The fourth-order valence-electron chi connectivity index (χ4n) is 1.88. The van der Waals surface area contributed by atoms with Crippen LogP contribution in [0.15, 0.2) is 6.07 Å². The molecule has 1 saturated heterocycles. The number of rotatable bonds is 2. The second-order valence-corrected chi connectivity index (χ2v) is 6.65. The summed E-state index contributed by atoms with van der Waals surface area (Å²) in [5, 5.41) is 0.406. The molecule has 1 fully saturated rings. The maximum Gasteiger partial charge on any atom is 0.227 e. The molecule has 1 aliphatic rings. The van der Waals surface area contributed by atoms with E-state index in [2.05, 4.69) is 9.97 Å². The summed E-state index contributed by atoms with van der Waals surface area (Å²) >= 11 is 5.89. The molecule has 0 aromatic carbocycles. The van der Waals surface area contributed by atoms with Crippen LogP contribution in [0.25, 0.3) is 0 Å². The van der Waals surface area contributed by atoms with Crippen LogP contribution in [0.3, 0.4) is 0 Å². The van der Waals surface area contributed by atoms with Gasteiger partial charge < -0.3 is 4.90 Å². The standard InChI is InChI=1S/C10H15ClN4O2S/c1-8-7-9(11)13-10(12-8)14-3-5-15(6-4-14)18(2,16)17/h7H,3-6H2,1-2H3. The predicted octanol–water partition coefficient (Wildman–Crippen LogP) is 0.520. The van der Waals surface area contributed by atoms with E-state index in [0.717, 1.165) is 5.69 Å². The second-order valence-electron chi connectivity index (χ2n) is 4.28. The molecule has 2 rings (SSSR count). The molecule has 8 heteroatoms. The maximum absolute atomic E-state index is 11.4. The van der Waals surface area contributed by atoms with Crippen molar-refractivity contribution in [3.63, 3.8) is 0 Å². The minimum absolute atomic E-state index is 0.406. The molecule has 1 aromatic heterocycles. The monoisotopic (exact) mass is 290 g/mol. The van der Waals surface area contributed by atoms with E-state index in [4.69, 9.17) is 11.6 Å². The highest BCUT2D eigenvalue weighted by Gasteiger charge is 2.24. The minimum atomic E-state index is -3.11. The minimum Gasteiger partial charge on any atom is -0.338 e. The van der Waals surface area contributed by atoms with E-state index in [0.29, 0.717) is 37.3 Å². The third-order valence-corrected chi connectivity index (χ3v) is 4.30. The van der Waals surface area contributed by atoms with Gasteiger partial charge >= 0.3 is 0 Å². The maximum atomic E-state index is 11.4. The molecule has 0 saturated carbocycles. The van der Waals surface area contributed by atoms with Crippen LogP contribution in [0.2, 0.25) is 5.15 Å². The number of halogens is 1. The number of aryl methyl sites for hydroxylation is 1. The van der Waals surface area contributed by atoms with E-state index >= 15 is 0 Å². The molecule has 1 aliphatic heterocycles. The molecule has 0 bridgehead atoms. The van der Waals surface area contributed by atoms with Gasteiger partial charge in [-0.25, -0.2) is 18.4 Å². The zero-order valence-corrected chi connectivity index (χ0v) is 11.9. The lowest BCUT2D eigenvalue weighted by Gasteiger charge is -2.33. The van der Waals surface area contributed by atoms with Crippen molar-refractivity contribution in [1.82, 2.24) is 14.3 Å². The summed E-state index contributed by atoms with van der Waals surface area (Å²) in [5.41, 5.74) is 0.801. The average Bonchev–Trinajstić information content (AvgIpc) is 2.27. The van der Waals surface area contributed by atoms with Crippen LogP contribution in [0.1, 0.15) is 5.69 Å². The average molecular weight is 291 g/mol. The largest absolute Gasteiger partial charge is 0.338 e. The normalized spacial score (nSPS) is 18.1. The summed E-state index contributed by atoms with van der Waals surface area (Å²) in [6.07, 6.45) is 1.22. The predicted molar refractivity (Wildman–Crippen MR) is 70.4 cm³/mol. The lowest BCUT2D eigenvalue weighted by molar-refractivity contribution is 0.385. The topological polar surface area (TPSA) is 66.4 Å². The van der Waals surface area contributed by atoms with E-state index in [-0.39, 0.29) is 0 Å². The molecule has 0 radical (unpaired) electrons. The number of sulfonamides is 1. The Labute approximate surface area is 112 Å². The molecule has 0 amide bonds. The van der Waals surface area contributed by atoms with Crippen molar-refractivity contribution in [1.29, 1.82) is 0 Å². The van der Waals surface area contributed by atoms with Crippen LogP contribution in [0.5, 0.6) is 0 Å². The molecule has 18 heavy (non-hydrogen) atoms. The molecule has 0 atom stereocenters. The first kappa shape index (κ1) is 13.5. The lowest BCUT2D eigenvalue weighted by Crippen LogP contribution is -2.48. The van der Waals surface area contributed by atoms with Crippen LogP contribution in [0.4, 0.5) is 5.95 Å². The van der Waals surface area contributed by atoms with Crippen LogP contribution in [0, 0.1) is 6.92 Å². The summed E-state index contributed by atoms with van der Waals surface area (Å²) < 4.78 is 24.2. The Morgan fingerprint density at radius 1 is 1.22 bits per heavy atom. The zero-order chi connectivity index (χ0) is 13.3. The Hall–Kier alpha value is -0.920. The molecule has 2 heterocycles. The highest BCUT2D eigenvalue weighted by molar-refractivity contribution is 7.88. The van der Waals surface area contributed by atoms with Gasteiger partial charge in [-0.3, -0.25) is 0 Å². The highest BCUT2D eigenvalue weighted by Crippen LogP contribution is 2.16. The molecule has 0 spiro atoms. The molecule has 0 unspecified atom stereocenters. The number of anilines is 1. The van der Waals surface area contributed by atoms with Crippen molar-refractivity contribution in [2.75, 3.05) is 37.3 Å². The zero-order valence-electron chi connectivity index (χ0n) is 10.3.